The monoisotopic (exact) mass is 508 g/mol. The van der Waals surface area contributed by atoms with Gasteiger partial charge in [-0.25, -0.2) is 0 Å². The van der Waals surface area contributed by atoms with Crippen LogP contribution < -0.4 is 0 Å². The summed E-state index contributed by atoms with van der Waals surface area (Å²) in [6.45, 7) is 6.67. The molecule has 1 N–H and O–H groups in total. The minimum Gasteiger partial charge on any atom is -0.480 e. The molecule has 0 aliphatic carbocycles. The molecule has 0 fully saturated rings. The molecule has 0 spiro atoms. The van der Waals surface area contributed by atoms with Crippen LogP contribution in [0.4, 0.5) is 0 Å². The van der Waals surface area contributed by atoms with Gasteiger partial charge >= 0.3 is 5.97 Å². The molecule has 0 bridgehead atoms. The van der Waals surface area contributed by atoms with Crippen LogP contribution in [0.2, 0.25) is 0 Å². The maximum Gasteiger partial charge on any atom is 0.317 e. The zero-order valence-electron chi connectivity index (χ0n) is 24.8. The largest absolute Gasteiger partial charge is 0.480 e. The Kier molecular flexibility index (Phi) is 29.7. The highest BCUT2D eigenvalue weighted by molar-refractivity contribution is 5.69. The summed E-state index contributed by atoms with van der Waals surface area (Å²) in [5, 5.41) is 9.24. The molecule has 0 saturated carbocycles. The molecule has 0 aliphatic rings. The highest BCUT2D eigenvalue weighted by Crippen LogP contribution is 2.13. The number of carboxylic acids is 1. The number of rotatable bonds is 30. The smallest absolute Gasteiger partial charge is 0.317 e. The van der Waals surface area contributed by atoms with Gasteiger partial charge in [0, 0.05) is 0 Å². The van der Waals surface area contributed by atoms with E-state index in [4.69, 9.17) is 0 Å². The van der Waals surface area contributed by atoms with Crippen LogP contribution in [0.15, 0.2) is 12.2 Å². The molecule has 0 atom stereocenters. The first-order chi connectivity index (χ1) is 17.7. The Bertz CT molecular complexity index is 463. The summed E-state index contributed by atoms with van der Waals surface area (Å²) >= 11 is 0. The third kappa shape index (κ3) is 29.4. The van der Waals surface area contributed by atoms with Crippen molar-refractivity contribution in [1.29, 1.82) is 0 Å². The quantitative estimate of drug-likeness (QED) is 0.0776. The van der Waals surface area contributed by atoms with Gasteiger partial charge in [0.15, 0.2) is 0 Å². The molecule has 0 radical (unpaired) electrons. The summed E-state index contributed by atoms with van der Waals surface area (Å²) in [5.74, 6) is -0.678. The van der Waals surface area contributed by atoms with E-state index in [0.717, 1.165) is 25.9 Å². The fraction of sp³-hybridized carbons (Fsp3) is 0.909. The van der Waals surface area contributed by atoms with E-state index in [0.29, 0.717) is 0 Å². The third-order valence-electron chi connectivity index (χ3n) is 7.42. The number of aliphatic carboxylic acids is 1. The average Bonchev–Trinajstić information content (AvgIpc) is 2.86. The van der Waals surface area contributed by atoms with E-state index in [1.807, 2.05) is 0 Å². The van der Waals surface area contributed by atoms with Crippen molar-refractivity contribution in [2.75, 3.05) is 19.6 Å². The number of hydrogen-bond acceptors (Lipinski definition) is 2. The van der Waals surface area contributed by atoms with Gasteiger partial charge in [0.2, 0.25) is 0 Å². The summed E-state index contributed by atoms with van der Waals surface area (Å²) in [6.07, 6.45) is 38.0. The zero-order chi connectivity index (χ0) is 26.4. The SMILES string of the molecule is CCCCCCCC/C=C\CCCCCCCCCN(CCCCCCCCCCCC)CC(=O)O. The van der Waals surface area contributed by atoms with Gasteiger partial charge in [0.05, 0.1) is 6.54 Å². The molecule has 3 heteroatoms. The first-order valence-corrected chi connectivity index (χ1v) is 16.3. The first-order valence-electron chi connectivity index (χ1n) is 16.3. The Morgan fingerprint density at radius 1 is 0.500 bits per heavy atom. The highest BCUT2D eigenvalue weighted by atomic mass is 16.4. The normalized spacial score (nSPS) is 11.8. The van der Waals surface area contributed by atoms with Crippen LogP contribution >= 0.6 is 0 Å². The van der Waals surface area contributed by atoms with E-state index in [9.17, 15) is 9.90 Å². The summed E-state index contributed by atoms with van der Waals surface area (Å²) in [4.78, 5) is 13.4. The topological polar surface area (TPSA) is 40.5 Å². The predicted octanol–water partition coefficient (Wildman–Crippen LogP) is 10.7. The third-order valence-corrected chi connectivity index (χ3v) is 7.42. The van der Waals surface area contributed by atoms with Crippen LogP contribution in [-0.4, -0.2) is 35.6 Å². The number of unbranched alkanes of at least 4 members (excludes halogenated alkanes) is 22. The Morgan fingerprint density at radius 2 is 0.806 bits per heavy atom. The van der Waals surface area contributed by atoms with E-state index >= 15 is 0 Å². The minimum atomic E-state index is -0.678. The van der Waals surface area contributed by atoms with Crippen molar-refractivity contribution < 1.29 is 9.90 Å². The zero-order valence-corrected chi connectivity index (χ0v) is 24.8. The van der Waals surface area contributed by atoms with Gasteiger partial charge in [-0.2, -0.15) is 0 Å². The number of carbonyl (C=O) groups is 1. The lowest BCUT2D eigenvalue weighted by molar-refractivity contribution is -0.138. The number of allylic oxidation sites excluding steroid dienone is 2. The molecule has 0 saturated heterocycles. The lowest BCUT2D eigenvalue weighted by Crippen LogP contribution is -2.31. The van der Waals surface area contributed by atoms with Crippen LogP contribution in [0.1, 0.15) is 174 Å². The molecule has 0 aromatic rings. The molecule has 0 unspecified atom stereocenters. The molecule has 0 aromatic carbocycles. The van der Waals surface area contributed by atoms with Crippen molar-refractivity contribution in [3.8, 4) is 0 Å². The van der Waals surface area contributed by atoms with Gasteiger partial charge < -0.3 is 5.11 Å². The summed E-state index contributed by atoms with van der Waals surface area (Å²) in [7, 11) is 0. The van der Waals surface area contributed by atoms with E-state index in [2.05, 4.69) is 30.9 Å². The molecule has 3 nitrogen and oxygen atoms in total. The van der Waals surface area contributed by atoms with Crippen molar-refractivity contribution in [3.63, 3.8) is 0 Å². The minimum absolute atomic E-state index is 0.212. The van der Waals surface area contributed by atoms with Crippen LogP contribution in [0.25, 0.3) is 0 Å². The van der Waals surface area contributed by atoms with E-state index < -0.39 is 5.97 Å². The number of nitrogens with zero attached hydrogens (tertiary/aromatic N) is 1. The number of carboxylic acid groups (broad SMARTS) is 1. The molecule has 36 heavy (non-hydrogen) atoms. The van der Waals surface area contributed by atoms with E-state index in [1.54, 1.807) is 0 Å². The first kappa shape index (κ1) is 35.2. The van der Waals surface area contributed by atoms with Gasteiger partial charge in [0.25, 0.3) is 0 Å². The molecule has 214 valence electrons. The molecule has 0 heterocycles. The van der Waals surface area contributed by atoms with Crippen LogP contribution in [0.5, 0.6) is 0 Å². The summed E-state index contributed by atoms with van der Waals surface area (Å²) in [5.41, 5.74) is 0. The molecule has 0 rings (SSSR count). The molecule has 0 amide bonds. The summed E-state index contributed by atoms with van der Waals surface area (Å²) in [6, 6.07) is 0. The Labute approximate surface area is 226 Å². The van der Waals surface area contributed by atoms with Gasteiger partial charge in [0.1, 0.15) is 0 Å². The Hall–Kier alpha value is -0.830. The summed E-state index contributed by atoms with van der Waals surface area (Å²) < 4.78 is 0. The second kappa shape index (κ2) is 30.4. The van der Waals surface area contributed by atoms with Gasteiger partial charge in [-0.05, 0) is 51.6 Å². The van der Waals surface area contributed by atoms with Gasteiger partial charge in [-0.15, -0.1) is 0 Å². The van der Waals surface area contributed by atoms with Crippen molar-refractivity contribution in [3.05, 3.63) is 12.2 Å². The van der Waals surface area contributed by atoms with E-state index in [-0.39, 0.29) is 6.54 Å². The average molecular weight is 508 g/mol. The maximum atomic E-state index is 11.2. The van der Waals surface area contributed by atoms with Crippen LogP contribution in [-0.2, 0) is 4.79 Å². The second-order valence-electron chi connectivity index (χ2n) is 11.1. The molecular weight excluding hydrogens is 442 g/mol. The van der Waals surface area contributed by atoms with Gasteiger partial charge in [-0.1, -0.05) is 148 Å². The highest BCUT2D eigenvalue weighted by Gasteiger charge is 2.09. The Morgan fingerprint density at radius 3 is 1.14 bits per heavy atom. The predicted molar refractivity (Wildman–Crippen MR) is 160 cm³/mol. The number of hydrogen-bond donors (Lipinski definition) is 1. The molecular formula is C33H65NO2. The van der Waals surface area contributed by atoms with Crippen molar-refractivity contribution >= 4 is 5.97 Å². The van der Waals surface area contributed by atoms with Crippen molar-refractivity contribution in [1.82, 2.24) is 4.90 Å². The maximum absolute atomic E-state index is 11.2. The standard InChI is InChI=1S/C33H65NO2/c1-3-5-7-9-11-13-15-16-17-18-19-20-21-23-25-27-29-31-34(32-33(35)36)30-28-26-24-22-14-12-10-8-6-4-2/h16-17H,3-15,18-32H2,1-2H3,(H,35,36)/b17-16-. The van der Waals surface area contributed by atoms with Crippen molar-refractivity contribution in [2.24, 2.45) is 0 Å². The second-order valence-corrected chi connectivity index (χ2v) is 11.1. The molecule has 0 aromatic heterocycles. The lowest BCUT2D eigenvalue weighted by atomic mass is 10.1. The van der Waals surface area contributed by atoms with Crippen molar-refractivity contribution in [2.45, 2.75) is 174 Å². The van der Waals surface area contributed by atoms with Gasteiger partial charge in [-0.3, -0.25) is 9.69 Å². The van der Waals surface area contributed by atoms with Crippen LogP contribution in [0, 0.1) is 0 Å². The van der Waals surface area contributed by atoms with Crippen LogP contribution in [0.3, 0.4) is 0 Å². The van der Waals surface area contributed by atoms with E-state index in [1.165, 1.54) is 148 Å². The molecule has 0 aliphatic heterocycles. The fourth-order valence-corrected chi connectivity index (χ4v) is 5.04. The lowest BCUT2D eigenvalue weighted by Gasteiger charge is -2.20. The fourth-order valence-electron chi connectivity index (χ4n) is 5.04. The Balaban J connectivity index is 3.52.